The molecule has 0 unspecified atom stereocenters. The van der Waals surface area contributed by atoms with Crippen LogP contribution in [0.3, 0.4) is 0 Å². The molecular weight excluding hydrogens is 231 g/mol. The second-order valence-electron chi connectivity index (χ2n) is 4.17. The topological polar surface area (TPSA) is 34.0 Å². The Morgan fingerprint density at radius 3 is 2.83 bits per heavy atom. The molecule has 1 N–H and O–H groups in total. The first-order valence-electron chi connectivity index (χ1n) is 5.81. The van der Waals surface area contributed by atoms with E-state index >= 15 is 0 Å². The molecular formula is C14H15FN2O. The van der Waals surface area contributed by atoms with Gasteiger partial charge in [0, 0.05) is 31.0 Å². The van der Waals surface area contributed by atoms with Crippen LogP contribution in [0.1, 0.15) is 12.1 Å². The molecule has 0 aliphatic carbocycles. The van der Waals surface area contributed by atoms with E-state index in [4.69, 9.17) is 0 Å². The molecule has 1 aromatic heterocycles. The summed E-state index contributed by atoms with van der Waals surface area (Å²) < 4.78 is 14.9. The Labute approximate surface area is 105 Å². The summed E-state index contributed by atoms with van der Waals surface area (Å²) in [5, 5.41) is 2.68. The van der Waals surface area contributed by atoms with E-state index < -0.39 is 0 Å². The second-order valence-corrected chi connectivity index (χ2v) is 4.17. The van der Waals surface area contributed by atoms with Crippen molar-refractivity contribution in [2.75, 3.05) is 5.32 Å². The lowest BCUT2D eigenvalue weighted by Crippen LogP contribution is -2.13. The summed E-state index contributed by atoms with van der Waals surface area (Å²) in [4.78, 5) is 11.7. The summed E-state index contributed by atoms with van der Waals surface area (Å²) in [6.07, 6.45) is 3.00. The third-order valence-electron chi connectivity index (χ3n) is 2.77. The lowest BCUT2D eigenvalue weighted by molar-refractivity contribution is -0.116. The number of halogens is 1. The zero-order valence-corrected chi connectivity index (χ0v) is 10.2. The van der Waals surface area contributed by atoms with E-state index in [0.29, 0.717) is 18.5 Å². The number of amides is 1. The predicted molar refractivity (Wildman–Crippen MR) is 68.8 cm³/mol. The average Bonchev–Trinajstić information content (AvgIpc) is 2.72. The van der Waals surface area contributed by atoms with E-state index in [9.17, 15) is 9.18 Å². The van der Waals surface area contributed by atoms with E-state index in [1.807, 2.05) is 29.9 Å². The fourth-order valence-electron chi connectivity index (χ4n) is 1.79. The van der Waals surface area contributed by atoms with E-state index in [1.165, 1.54) is 12.1 Å². The number of carbonyl (C=O) groups excluding carboxylic acids is 1. The van der Waals surface area contributed by atoms with Crippen molar-refractivity contribution in [2.45, 2.75) is 12.8 Å². The molecule has 0 saturated carbocycles. The van der Waals surface area contributed by atoms with Gasteiger partial charge in [-0.2, -0.15) is 0 Å². The molecule has 94 valence electrons. The van der Waals surface area contributed by atoms with Crippen LogP contribution in [0.4, 0.5) is 10.1 Å². The van der Waals surface area contributed by atoms with Crippen molar-refractivity contribution in [1.82, 2.24) is 4.57 Å². The number of hydrogen-bond acceptors (Lipinski definition) is 1. The third kappa shape index (κ3) is 3.20. The molecule has 0 saturated heterocycles. The van der Waals surface area contributed by atoms with Gasteiger partial charge in [0.2, 0.25) is 5.91 Å². The van der Waals surface area contributed by atoms with Gasteiger partial charge < -0.3 is 9.88 Å². The molecule has 1 amide bonds. The van der Waals surface area contributed by atoms with Gasteiger partial charge in [0.15, 0.2) is 0 Å². The van der Waals surface area contributed by atoms with Gasteiger partial charge in [0.25, 0.3) is 0 Å². The molecule has 0 radical (unpaired) electrons. The lowest BCUT2D eigenvalue weighted by atomic mass is 10.2. The Morgan fingerprint density at radius 2 is 2.17 bits per heavy atom. The quantitative estimate of drug-likeness (QED) is 0.884. The predicted octanol–water partition coefficient (Wildman–Crippen LogP) is 2.74. The van der Waals surface area contributed by atoms with Crippen molar-refractivity contribution in [1.29, 1.82) is 0 Å². The van der Waals surface area contributed by atoms with Crippen LogP contribution in [-0.2, 0) is 18.3 Å². The molecule has 2 aromatic rings. The zero-order chi connectivity index (χ0) is 13.0. The van der Waals surface area contributed by atoms with Crippen molar-refractivity contribution < 1.29 is 9.18 Å². The molecule has 18 heavy (non-hydrogen) atoms. The normalized spacial score (nSPS) is 10.3. The van der Waals surface area contributed by atoms with Crippen LogP contribution in [0, 0.1) is 5.82 Å². The summed E-state index contributed by atoms with van der Waals surface area (Å²) in [6.45, 7) is 0. The molecule has 0 spiro atoms. The van der Waals surface area contributed by atoms with Gasteiger partial charge in [-0.1, -0.05) is 6.07 Å². The van der Waals surface area contributed by atoms with Crippen LogP contribution in [-0.4, -0.2) is 10.5 Å². The number of anilines is 1. The van der Waals surface area contributed by atoms with Gasteiger partial charge in [-0.15, -0.1) is 0 Å². The summed E-state index contributed by atoms with van der Waals surface area (Å²) >= 11 is 0. The van der Waals surface area contributed by atoms with Gasteiger partial charge in [-0.25, -0.2) is 4.39 Å². The number of rotatable bonds is 4. The highest BCUT2D eigenvalue weighted by molar-refractivity contribution is 5.90. The summed E-state index contributed by atoms with van der Waals surface area (Å²) in [6, 6.07) is 9.82. The Balaban J connectivity index is 1.88. The number of benzene rings is 1. The van der Waals surface area contributed by atoms with Crippen molar-refractivity contribution >= 4 is 11.6 Å². The van der Waals surface area contributed by atoms with Crippen molar-refractivity contribution in [3.8, 4) is 0 Å². The largest absolute Gasteiger partial charge is 0.354 e. The summed E-state index contributed by atoms with van der Waals surface area (Å²) in [5.74, 6) is -0.461. The molecule has 1 aromatic carbocycles. The molecule has 4 heteroatoms. The molecule has 0 bridgehead atoms. The molecule has 2 rings (SSSR count). The third-order valence-corrected chi connectivity index (χ3v) is 2.77. The van der Waals surface area contributed by atoms with Crippen LogP contribution < -0.4 is 5.32 Å². The summed E-state index contributed by atoms with van der Waals surface area (Å²) in [5.41, 5.74) is 1.59. The van der Waals surface area contributed by atoms with Gasteiger partial charge in [0.1, 0.15) is 5.82 Å². The summed E-state index contributed by atoms with van der Waals surface area (Å²) in [7, 11) is 1.94. The Kier molecular flexibility index (Phi) is 3.77. The fourth-order valence-corrected chi connectivity index (χ4v) is 1.79. The van der Waals surface area contributed by atoms with Crippen LogP contribution >= 0.6 is 0 Å². The minimum absolute atomic E-state index is 0.109. The highest BCUT2D eigenvalue weighted by Gasteiger charge is 2.05. The molecule has 3 nitrogen and oxygen atoms in total. The first-order valence-corrected chi connectivity index (χ1v) is 5.81. The van der Waals surface area contributed by atoms with Gasteiger partial charge in [0.05, 0.1) is 0 Å². The maximum Gasteiger partial charge on any atom is 0.224 e. The minimum atomic E-state index is -0.352. The minimum Gasteiger partial charge on any atom is -0.354 e. The van der Waals surface area contributed by atoms with Crippen LogP contribution in [0.2, 0.25) is 0 Å². The van der Waals surface area contributed by atoms with Crippen molar-refractivity contribution in [3.05, 3.63) is 54.1 Å². The Bertz CT molecular complexity index is 548. The van der Waals surface area contributed by atoms with E-state index in [0.717, 1.165) is 5.69 Å². The first kappa shape index (κ1) is 12.4. The first-order chi connectivity index (χ1) is 8.65. The van der Waals surface area contributed by atoms with E-state index in [1.54, 1.807) is 12.1 Å². The zero-order valence-electron chi connectivity index (χ0n) is 10.2. The standard InChI is InChI=1S/C14H15FN2O/c1-17-9-3-6-13(17)7-8-14(18)16-12-5-2-4-11(15)10-12/h2-6,9-10H,7-8H2,1H3,(H,16,18). The van der Waals surface area contributed by atoms with Crippen LogP contribution in [0.25, 0.3) is 0 Å². The van der Waals surface area contributed by atoms with Crippen molar-refractivity contribution in [3.63, 3.8) is 0 Å². The van der Waals surface area contributed by atoms with Gasteiger partial charge in [-0.3, -0.25) is 4.79 Å². The Morgan fingerprint density at radius 1 is 1.33 bits per heavy atom. The number of hydrogen-bond donors (Lipinski definition) is 1. The number of aromatic nitrogens is 1. The van der Waals surface area contributed by atoms with E-state index in [-0.39, 0.29) is 11.7 Å². The number of aryl methyl sites for hydroxylation is 2. The van der Waals surface area contributed by atoms with Gasteiger partial charge >= 0.3 is 0 Å². The maximum atomic E-state index is 12.9. The fraction of sp³-hybridized carbons (Fsp3) is 0.214. The molecule has 1 heterocycles. The van der Waals surface area contributed by atoms with Crippen molar-refractivity contribution in [2.24, 2.45) is 7.05 Å². The molecule has 0 aliphatic heterocycles. The second kappa shape index (κ2) is 5.49. The van der Waals surface area contributed by atoms with Crippen LogP contribution in [0.5, 0.6) is 0 Å². The van der Waals surface area contributed by atoms with Crippen LogP contribution in [0.15, 0.2) is 42.6 Å². The highest BCUT2D eigenvalue weighted by Crippen LogP contribution is 2.10. The molecule has 0 fully saturated rings. The smallest absolute Gasteiger partial charge is 0.224 e. The number of nitrogens with one attached hydrogen (secondary N) is 1. The number of nitrogens with zero attached hydrogens (tertiary/aromatic N) is 1. The monoisotopic (exact) mass is 246 g/mol. The molecule has 0 aliphatic rings. The van der Waals surface area contributed by atoms with E-state index in [2.05, 4.69) is 5.32 Å². The highest BCUT2D eigenvalue weighted by atomic mass is 19.1. The SMILES string of the molecule is Cn1cccc1CCC(=O)Nc1cccc(F)c1. The Hall–Kier alpha value is -2.10. The molecule has 0 atom stereocenters. The maximum absolute atomic E-state index is 12.9. The average molecular weight is 246 g/mol. The lowest BCUT2D eigenvalue weighted by Gasteiger charge is -2.06. The number of carbonyl (C=O) groups is 1. The van der Waals surface area contributed by atoms with Gasteiger partial charge in [-0.05, 0) is 36.8 Å².